The van der Waals surface area contributed by atoms with Crippen molar-refractivity contribution in [1.29, 1.82) is 0 Å². The summed E-state index contributed by atoms with van der Waals surface area (Å²) in [7, 11) is 0. The molecular formula is C29H31F3N6O3S. The lowest BCUT2D eigenvalue weighted by atomic mass is 9.81. The largest absolute Gasteiger partial charge is 0.416 e. The second-order valence-corrected chi connectivity index (χ2v) is 12.2. The van der Waals surface area contributed by atoms with E-state index >= 15 is 0 Å². The molecule has 1 aliphatic carbocycles. The molecule has 0 radical (unpaired) electrons. The molecule has 9 nitrogen and oxygen atoms in total. The van der Waals surface area contributed by atoms with E-state index in [1.165, 1.54) is 23.5 Å². The fourth-order valence-electron chi connectivity index (χ4n) is 6.62. The minimum atomic E-state index is -4.55. The van der Waals surface area contributed by atoms with E-state index in [2.05, 4.69) is 25.2 Å². The number of likely N-dealkylation sites (tertiary alicyclic amines) is 2. The van der Waals surface area contributed by atoms with E-state index in [1.54, 1.807) is 29.6 Å². The Morgan fingerprint density at radius 3 is 2.50 bits per heavy atom. The molecule has 2 saturated heterocycles. The van der Waals surface area contributed by atoms with Crippen molar-refractivity contribution in [3.05, 3.63) is 65.1 Å². The van der Waals surface area contributed by atoms with Crippen LogP contribution >= 0.6 is 11.3 Å². The SMILES string of the molecule is O=C(NCC(=O)N1CC[C@H]2[C@@H]1CCN2C1CCC(O)(c2ncc(-c3ncccn3)s2)CC1)c1cccc(C(F)(F)F)c1. The number of nitrogens with zero attached hydrogens (tertiary/aromatic N) is 5. The van der Waals surface area contributed by atoms with Crippen molar-refractivity contribution < 1.29 is 27.9 Å². The minimum absolute atomic E-state index is 0.0381. The van der Waals surface area contributed by atoms with Gasteiger partial charge in [-0.2, -0.15) is 13.2 Å². The first-order valence-corrected chi connectivity index (χ1v) is 14.9. The Hall–Kier alpha value is -3.42. The van der Waals surface area contributed by atoms with Crippen LogP contribution in [-0.2, 0) is 16.6 Å². The molecular weight excluding hydrogens is 569 g/mol. The fraction of sp³-hybridized carbons (Fsp3) is 0.483. The molecule has 3 aliphatic rings. The molecule has 1 aromatic carbocycles. The van der Waals surface area contributed by atoms with Gasteiger partial charge in [-0.3, -0.25) is 14.5 Å². The van der Waals surface area contributed by atoms with E-state index in [0.717, 1.165) is 49.2 Å². The highest BCUT2D eigenvalue weighted by Crippen LogP contribution is 2.44. The third-order valence-electron chi connectivity index (χ3n) is 8.73. The second-order valence-electron chi connectivity index (χ2n) is 11.2. The molecule has 42 heavy (non-hydrogen) atoms. The number of aromatic nitrogens is 3. The second kappa shape index (κ2) is 11.3. The third-order valence-corrected chi connectivity index (χ3v) is 9.92. The van der Waals surface area contributed by atoms with Gasteiger partial charge in [0.1, 0.15) is 10.6 Å². The number of carbonyl (C=O) groups excluding carboxylic acids is 2. The van der Waals surface area contributed by atoms with Gasteiger partial charge in [0.25, 0.3) is 5.91 Å². The van der Waals surface area contributed by atoms with Crippen LogP contribution in [0.2, 0.25) is 0 Å². The number of halogens is 3. The number of thiazole rings is 1. The molecule has 2 N–H and O–H groups in total. The van der Waals surface area contributed by atoms with Crippen LogP contribution in [0.5, 0.6) is 0 Å². The average Bonchev–Trinajstić information content (AvgIpc) is 3.74. The van der Waals surface area contributed by atoms with Gasteiger partial charge in [0.15, 0.2) is 5.82 Å². The molecule has 0 bridgehead atoms. The molecule has 6 rings (SSSR count). The van der Waals surface area contributed by atoms with Crippen molar-refractivity contribution in [1.82, 2.24) is 30.1 Å². The van der Waals surface area contributed by atoms with Gasteiger partial charge < -0.3 is 15.3 Å². The van der Waals surface area contributed by atoms with Crippen molar-refractivity contribution in [2.45, 2.75) is 68.4 Å². The molecule has 3 fully saturated rings. The summed E-state index contributed by atoms with van der Waals surface area (Å²) < 4.78 is 39.0. The maximum atomic E-state index is 13.0. The van der Waals surface area contributed by atoms with Gasteiger partial charge in [-0.15, -0.1) is 11.3 Å². The lowest BCUT2D eigenvalue weighted by Crippen LogP contribution is -2.47. The molecule has 2 atom stereocenters. The Balaban J connectivity index is 1.02. The van der Waals surface area contributed by atoms with E-state index in [1.807, 2.05) is 0 Å². The highest BCUT2D eigenvalue weighted by atomic mass is 32.1. The van der Waals surface area contributed by atoms with Gasteiger partial charge in [-0.05, 0) is 62.8 Å². The minimum Gasteiger partial charge on any atom is -0.383 e. The lowest BCUT2D eigenvalue weighted by molar-refractivity contribution is -0.137. The molecule has 3 aromatic rings. The first kappa shape index (κ1) is 28.7. The highest BCUT2D eigenvalue weighted by molar-refractivity contribution is 7.15. The molecule has 2 aromatic heterocycles. The van der Waals surface area contributed by atoms with Crippen molar-refractivity contribution in [3.63, 3.8) is 0 Å². The Bertz CT molecular complexity index is 1440. The maximum Gasteiger partial charge on any atom is 0.416 e. The van der Waals surface area contributed by atoms with Crippen LogP contribution in [0.3, 0.4) is 0 Å². The van der Waals surface area contributed by atoms with Crippen molar-refractivity contribution in [2.75, 3.05) is 19.6 Å². The van der Waals surface area contributed by atoms with Gasteiger partial charge >= 0.3 is 6.18 Å². The predicted octanol–water partition coefficient (Wildman–Crippen LogP) is 3.85. The number of hydrogen-bond acceptors (Lipinski definition) is 8. The summed E-state index contributed by atoms with van der Waals surface area (Å²) in [6.45, 7) is 1.16. The molecule has 4 heterocycles. The Morgan fingerprint density at radius 2 is 1.76 bits per heavy atom. The Kier molecular flexibility index (Phi) is 7.75. The van der Waals surface area contributed by atoms with Gasteiger partial charge in [0.05, 0.1) is 17.0 Å². The molecule has 2 amide bonds. The maximum absolute atomic E-state index is 13.0. The van der Waals surface area contributed by atoms with Crippen molar-refractivity contribution in [3.8, 4) is 10.7 Å². The molecule has 1 saturated carbocycles. The zero-order valence-corrected chi connectivity index (χ0v) is 23.6. The number of nitrogens with one attached hydrogen (secondary N) is 1. The van der Waals surface area contributed by atoms with Crippen molar-refractivity contribution >= 4 is 23.2 Å². The zero-order chi connectivity index (χ0) is 29.5. The number of hydrogen-bond donors (Lipinski definition) is 2. The van der Waals surface area contributed by atoms with Crippen LogP contribution in [-0.4, -0.2) is 79.4 Å². The summed E-state index contributed by atoms with van der Waals surface area (Å²) in [6.07, 6.45) is 5.00. The molecule has 0 spiro atoms. The monoisotopic (exact) mass is 600 g/mol. The van der Waals surface area contributed by atoms with E-state index in [4.69, 9.17) is 0 Å². The third kappa shape index (κ3) is 5.64. The first-order valence-electron chi connectivity index (χ1n) is 14.1. The number of rotatable bonds is 6. The summed E-state index contributed by atoms with van der Waals surface area (Å²) in [5.41, 5.74) is -2.03. The van der Waals surface area contributed by atoms with Gasteiger partial charge in [0, 0.05) is 55.4 Å². The summed E-state index contributed by atoms with van der Waals surface area (Å²) in [5.74, 6) is -0.349. The molecule has 13 heteroatoms. The smallest absolute Gasteiger partial charge is 0.383 e. The van der Waals surface area contributed by atoms with Crippen LogP contribution in [0.15, 0.2) is 48.9 Å². The summed E-state index contributed by atoms with van der Waals surface area (Å²) >= 11 is 1.43. The van der Waals surface area contributed by atoms with Gasteiger partial charge in [-0.25, -0.2) is 15.0 Å². The fourth-order valence-corrected chi connectivity index (χ4v) is 7.63. The highest BCUT2D eigenvalue weighted by Gasteiger charge is 2.48. The van der Waals surface area contributed by atoms with Crippen LogP contribution in [0.1, 0.15) is 59.5 Å². The van der Waals surface area contributed by atoms with E-state index < -0.39 is 23.2 Å². The van der Waals surface area contributed by atoms with Gasteiger partial charge in [0.2, 0.25) is 5.91 Å². The van der Waals surface area contributed by atoms with Crippen molar-refractivity contribution in [2.24, 2.45) is 0 Å². The van der Waals surface area contributed by atoms with Crippen LogP contribution in [0, 0.1) is 0 Å². The van der Waals surface area contributed by atoms with Crippen LogP contribution < -0.4 is 5.32 Å². The molecule has 2 aliphatic heterocycles. The molecule has 222 valence electrons. The lowest BCUT2D eigenvalue weighted by Gasteiger charge is -2.40. The first-order chi connectivity index (χ1) is 20.1. The zero-order valence-electron chi connectivity index (χ0n) is 22.8. The van der Waals surface area contributed by atoms with E-state index in [-0.39, 0.29) is 30.1 Å². The number of carbonyl (C=O) groups is 2. The normalized spacial score (nSPS) is 26.3. The summed E-state index contributed by atoms with van der Waals surface area (Å²) in [4.78, 5) is 43.7. The quantitative estimate of drug-likeness (QED) is 0.442. The average molecular weight is 601 g/mol. The summed E-state index contributed by atoms with van der Waals surface area (Å²) in [5, 5.41) is 14.6. The van der Waals surface area contributed by atoms with Crippen LogP contribution in [0.4, 0.5) is 13.2 Å². The Morgan fingerprint density at radius 1 is 1.02 bits per heavy atom. The summed E-state index contributed by atoms with van der Waals surface area (Å²) in [6, 6.07) is 6.47. The van der Waals surface area contributed by atoms with Crippen LogP contribution in [0.25, 0.3) is 10.7 Å². The number of benzene rings is 1. The number of aliphatic hydroxyl groups is 1. The number of amides is 2. The number of fused-ring (bicyclic) bond motifs is 1. The van der Waals surface area contributed by atoms with E-state index in [9.17, 15) is 27.9 Å². The Labute approximate surface area is 244 Å². The molecule has 0 unspecified atom stereocenters. The van der Waals surface area contributed by atoms with Gasteiger partial charge in [-0.1, -0.05) is 6.07 Å². The topological polar surface area (TPSA) is 112 Å². The standard InChI is InChI=1S/C29H31F3N6O3S/c30-29(31,32)19-4-1-3-18(15-19)26(40)35-17-24(39)38-14-8-21-22(38)7-13-37(21)20-5-9-28(41,10-6-20)27-36-16-23(42-27)25-33-11-2-12-34-25/h1-4,11-12,15-16,20-22,41H,5-10,13-14,17H2,(H,35,40)/t20?,21-,22-,28?/m0/s1. The number of alkyl halides is 3. The van der Waals surface area contributed by atoms with E-state index in [0.29, 0.717) is 36.3 Å². The predicted molar refractivity (Wildman–Crippen MR) is 148 cm³/mol.